The van der Waals surface area contributed by atoms with Crippen LogP contribution < -0.4 is 5.32 Å². The van der Waals surface area contributed by atoms with E-state index in [-0.39, 0.29) is 5.91 Å². The summed E-state index contributed by atoms with van der Waals surface area (Å²) in [6.07, 6.45) is 2.09. The predicted molar refractivity (Wildman–Crippen MR) is 98.8 cm³/mol. The number of amides is 1. The van der Waals surface area contributed by atoms with Gasteiger partial charge in [-0.15, -0.1) is 0 Å². The minimum Gasteiger partial charge on any atom is -0.336 e. The van der Waals surface area contributed by atoms with Gasteiger partial charge >= 0.3 is 0 Å². The summed E-state index contributed by atoms with van der Waals surface area (Å²) in [7, 11) is 0. The van der Waals surface area contributed by atoms with E-state index in [1.54, 1.807) is 18.2 Å². The number of hydrogen-bond donors (Lipinski definition) is 1. The van der Waals surface area contributed by atoms with E-state index in [0.29, 0.717) is 16.7 Å². The third-order valence-electron chi connectivity index (χ3n) is 4.13. The van der Waals surface area contributed by atoms with Crippen molar-refractivity contribution in [3.05, 3.63) is 58.9 Å². The zero-order valence-corrected chi connectivity index (χ0v) is 14.6. The van der Waals surface area contributed by atoms with E-state index in [1.165, 1.54) is 0 Å². The molecule has 0 aliphatic heterocycles. The van der Waals surface area contributed by atoms with Crippen molar-refractivity contribution in [2.24, 2.45) is 0 Å². The van der Waals surface area contributed by atoms with E-state index in [9.17, 15) is 4.79 Å². The lowest BCUT2D eigenvalue weighted by Gasteiger charge is -2.11. The number of unbranched alkanes of at least 4 members (excludes halogenated alkanes) is 1. The van der Waals surface area contributed by atoms with Gasteiger partial charge in [-0.1, -0.05) is 49.2 Å². The highest BCUT2D eigenvalue weighted by Crippen LogP contribution is 2.27. The fourth-order valence-electron chi connectivity index (χ4n) is 2.97. The second kappa shape index (κ2) is 7.05. The van der Waals surface area contributed by atoms with Crippen LogP contribution >= 0.6 is 11.6 Å². The number of nitrogens with one attached hydrogen (secondary N) is 1. The van der Waals surface area contributed by atoms with Crippen LogP contribution in [0.25, 0.3) is 10.9 Å². The molecule has 3 aromatic rings. The first-order valence-electron chi connectivity index (χ1n) is 8.13. The SMILES string of the molecule is CCCCn1c(C(=O)Nc2cccc(Cl)n2)c(C)c2ccccc21. The molecule has 5 heteroatoms. The summed E-state index contributed by atoms with van der Waals surface area (Å²) in [5.74, 6) is 0.300. The van der Waals surface area contributed by atoms with Crippen LogP contribution in [0.3, 0.4) is 0 Å². The van der Waals surface area contributed by atoms with Crippen LogP contribution in [0, 0.1) is 6.92 Å². The van der Waals surface area contributed by atoms with Gasteiger partial charge in [0.25, 0.3) is 5.91 Å². The molecule has 0 radical (unpaired) electrons. The molecule has 0 fully saturated rings. The normalized spacial score (nSPS) is 11.0. The van der Waals surface area contributed by atoms with Gasteiger partial charge in [0.2, 0.25) is 0 Å². The van der Waals surface area contributed by atoms with Gasteiger partial charge in [-0.25, -0.2) is 4.98 Å². The minimum atomic E-state index is -0.158. The number of aromatic nitrogens is 2. The van der Waals surface area contributed by atoms with Crippen LogP contribution in [-0.2, 0) is 6.54 Å². The molecule has 4 nitrogen and oxygen atoms in total. The van der Waals surface area contributed by atoms with Crippen molar-refractivity contribution in [2.45, 2.75) is 33.2 Å². The fourth-order valence-corrected chi connectivity index (χ4v) is 3.14. The van der Waals surface area contributed by atoms with Gasteiger partial charge in [-0.05, 0) is 37.1 Å². The van der Waals surface area contributed by atoms with Crippen LogP contribution in [-0.4, -0.2) is 15.5 Å². The first-order valence-corrected chi connectivity index (χ1v) is 8.51. The van der Waals surface area contributed by atoms with Gasteiger partial charge < -0.3 is 9.88 Å². The number of benzene rings is 1. The van der Waals surface area contributed by atoms with Crippen LogP contribution in [0.15, 0.2) is 42.5 Å². The summed E-state index contributed by atoms with van der Waals surface area (Å²) >= 11 is 5.90. The van der Waals surface area contributed by atoms with Gasteiger partial charge in [0.1, 0.15) is 16.7 Å². The van der Waals surface area contributed by atoms with Gasteiger partial charge in [0, 0.05) is 17.4 Å². The Labute approximate surface area is 146 Å². The maximum Gasteiger partial charge on any atom is 0.273 e. The van der Waals surface area contributed by atoms with Crippen LogP contribution in [0.1, 0.15) is 35.8 Å². The molecule has 0 bridgehead atoms. The van der Waals surface area contributed by atoms with E-state index in [2.05, 4.69) is 33.9 Å². The van der Waals surface area contributed by atoms with Gasteiger partial charge in [-0.2, -0.15) is 0 Å². The number of pyridine rings is 1. The van der Waals surface area contributed by atoms with Crippen molar-refractivity contribution in [1.82, 2.24) is 9.55 Å². The molecule has 2 aromatic heterocycles. The first-order chi connectivity index (χ1) is 11.6. The number of anilines is 1. The summed E-state index contributed by atoms with van der Waals surface area (Å²) in [5, 5.41) is 4.33. The van der Waals surface area contributed by atoms with Crippen molar-refractivity contribution in [3.8, 4) is 0 Å². The molecule has 1 N–H and O–H groups in total. The zero-order chi connectivity index (χ0) is 17.1. The molecule has 0 saturated heterocycles. The average Bonchev–Trinajstić information content (AvgIpc) is 2.85. The lowest BCUT2D eigenvalue weighted by Crippen LogP contribution is -2.19. The van der Waals surface area contributed by atoms with E-state index >= 15 is 0 Å². The number of carbonyl (C=O) groups is 1. The standard InChI is InChI=1S/C19H20ClN3O/c1-3-4-12-23-15-9-6-5-8-14(15)13(2)18(23)19(24)22-17-11-7-10-16(20)21-17/h5-11H,3-4,12H2,1-2H3,(H,21,22,24). The molecule has 1 amide bonds. The largest absolute Gasteiger partial charge is 0.336 e. The van der Waals surface area contributed by atoms with E-state index < -0.39 is 0 Å². The zero-order valence-electron chi connectivity index (χ0n) is 13.8. The van der Waals surface area contributed by atoms with Crippen LogP contribution in [0.4, 0.5) is 5.82 Å². The quantitative estimate of drug-likeness (QED) is 0.660. The van der Waals surface area contributed by atoms with E-state index in [4.69, 9.17) is 11.6 Å². The Hall–Kier alpha value is -2.33. The molecule has 3 rings (SSSR count). The molecule has 24 heavy (non-hydrogen) atoms. The Morgan fingerprint density at radius 2 is 2.00 bits per heavy atom. The van der Waals surface area contributed by atoms with Crippen molar-refractivity contribution in [3.63, 3.8) is 0 Å². The summed E-state index contributed by atoms with van der Waals surface area (Å²) in [6, 6.07) is 13.3. The summed E-state index contributed by atoms with van der Waals surface area (Å²) in [6.45, 7) is 4.95. The lowest BCUT2D eigenvalue weighted by molar-refractivity contribution is 0.101. The second-order valence-electron chi connectivity index (χ2n) is 5.80. The Bertz CT molecular complexity index is 885. The highest BCUT2D eigenvalue weighted by Gasteiger charge is 2.20. The average molecular weight is 342 g/mol. The maximum absolute atomic E-state index is 12.9. The molecule has 0 aliphatic carbocycles. The monoisotopic (exact) mass is 341 g/mol. The molecule has 124 valence electrons. The van der Waals surface area contributed by atoms with Gasteiger partial charge in [0.15, 0.2) is 0 Å². The lowest BCUT2D eigenvalue weighted by atomic mass is 10.1. The molecule has 2 heterocycles. The van der Waals surface area contributed by atoms with E-state index in [0.717, 1.165) is 35.9 Å². The highest BCUT2D eigenvalue weighted by molar-refractivity contribution is 6.29. The summed E-state index contributed by atoms with van der Waals surface area (Å²) in [5.41, 5.74) is 2.76. The van der Waals surface area contributed by atoms with Crippen molar-refractivity contribution in [1.29, 1.82) is 0 Å². The number of halogens is 1. The number of fused-ring (bicyclic) bond motifs is 1. The Balaban J connectivity index is 2.03. The van der Waals surface area contributed by atoms with Gasteiger partial charge in [-0.3, -0.25) is 4.79 Å². The molecule has 0 aliphatic rings. The highest BCUT2D eigenvalue weighted by atomic mass is 35.5. The first kappa shape index (κ1) is 16.5. The minimum absolute atomic E-state index is 0.158. The number of aryl methyl sites for hydroxylation is 2. The number of nitrogens with zero attached hydrogens (tertiary/aromatic N) is 2. The molecule has 0 unspecified atom stereocenters. The molecule has 1 aromatic carbocycles. The Kier molecular flexibility index (Phi) is 4.86. The Morgan fingerprint density at radius 1 is 1.21 bits per heavy atom. The van der Waals surface area contributed by atoms with Crippen molar-refractivity contribution >= 4 is 34.2 Å². The summed E-state index contributed by atoms with van der Waals surface area (Å²) < 4.78 is 2.11. The molecular weight excluding hydrogens is 322 g/mol. The van der Waals surface area contributed by atoms with Gasteiger partial charge in [0.05, 0.1) is 0 Å². The van der Waals surface area contributed by atoms with E-state index in [1.807, 2.05) is 19.1 Å². The third kappa shape index (κ3) is 3.15. The number of rotatable bonds is 5. The number of carbonyl (C=O) groups excluding carboxylic acids is 1. The number of para-hydroxylation sites is 1. The topological polar surface area (TPSA) is 46.9 Å². The number of hydrogen-bond acceptors (Lipinski definition) is 2. The van der Waals surface area contributed by atoms with Crippen molar-refractivity contribution < 1.29 is 4.79 Å². The van der Waals surface area contributed by atoms with Crippen molar-refractivity contribution in [2.75, 3.05) is 5.32 Å². The second-order valence-corrected chi connectivity index (χ2v) is 6.18. The summed E-state index contributed by atoms with van der Waals surface area (Å²) in [4.78, 5) is 17.0. The van der Waals surface area contributed by atoms with Crippen LogP contribution in [0.5, 0.6) is 0 Å². The smallest absolute Gasteiger partial charge is 0.273 e. The predicted octanol–water partition coefficient (Wildman–Crippen LogP) is 5.05. The molecule has 0 saturated carbocycles. The Morgan fingerprint density at radius 3 is 2.75 bits per heavy atom. The molecular formula is C19H20ClN3O. The molecule has 0 spiro atoms. The maximum atomic E-state index is 12.9. The molecule has 0 atom stereocenters. The third-order valence-corrected chi connectivity index (χ3v) is 4.34. The fraction of sp³-hybridized carbons (Fsp3) is 0.263. The van der Waals surface area contributed by atoms with Crippen LogP contribution in [0.2, 0.25) is 5.15 Å².